The second kappa shape index (κ2) is 6.09. The van der Waals surface area contributed by atoms with Crippen molar-refractivity contribution in [3.63, 3.8) is 0 Å². The number of imidazole rings is 1. The maximum Gasteiger partial charge on any atom is 0.208 e. The molecule has 2 aromatic rings. The molecule has 0 aliphatic rings. The Balaban J connectivity index is 2.26. The van der Waals surface area contributed by atoms with Crippen molar-refractivity contribution >= 4 is 5.95 Å². The van der Waals surface area contributed by atoms with Crippen molar-refractivity contribution in [2.75, 3.05) is 19.0 Å². The van der Waals surface area contributed by atoms with Gasteiger partial charge in [-0.25, -0.2) is 4.98 Å². The first-order valence-electron chi connectivity index (χ1n) is 6.87. The van der Waals surface area contributed by atoms with Gasteiger partial charge in [0.2, 0.25) is 5.95 Å². The van der Waals surface area contributed by atoms with Crippen LogP contribution in [0.1, 0.15) is 32.5 Å². The fourth-order valence-electron chi connectivity index (χ4n) is 2.04. The van der Waals surface area contributed by atoms with Crippen molar-refractivity contribution in [1.29, 1.82) is 0 Å². The van der Waals surface area contributed by atoms with E-state index in [2.05, 4.69) is 36.2 Å². The van der Waals surface area contributed by atoms with Gasteiger partial charge in [-0.3, -0.25) is 9.25 Å². The molecule has 1 atom stereocenters. The quantitative estimate of drug-likeness (QED) is 0.881. The molecule has 0 aliphatic heterocycles. The molecule has 6 heteroatoms. The summed E-state index contributed by atoms with van der Waals surface area (Å²) in [5, 5.41) is 7.73. The first-order valence-corrected chi connectivity index (χ1v) is 6.87. The number of nitrogens with zero attached hydrogens (tertiary/aromatic N) is 4. The Hall–Kier alpha value is -1.82. The van der Waals surface area contributed by atoms with Crippen molar-refractivity contribution in [3.05, 3.63) is 24.3 Å². The van der Waals surface area contributed by atoms with Crippen molar-refractivity contribution in [1.82, 2.24) is 19.3 Å². The van der Waals surface area contributed by atoms with Crippen molar-refractivity contribution in [2.45, 2.75) is 39.8 Å². The van der Waals surface area contributed by atoms with Gasteiger partial charge in [0.1, 0.15) is 0 Å². The zero-order chi connectivity index (χ0) is 14.7. The number of aryl methyl sites for hydroxylation is 1. The Labute approximate surface area is 119 Å². The molecule has 1 unspecified atom stereocenters. The summed E-state index contributed by atoms with van der Waals surface area (Å²) in [4.78, 5) is 4.52. The monoisotopic (exact) mass is 277 g/mol. The molecule has 110 valence electrons. The summed E-state index contributed by atoms with van der Waals surface area (Å²) in [6.45, 7) is 8.90. The minimum atomic E-state index is 0.195. The first-order chi connectivity index (χ1) is 9.51. The number of anilines is 1. The van der Waals surface area contributed by atoms with E-state index in [1.165, 1.54) is 0 Å². The molecule has 0 fully saturated rings. The predicted molar refractivity (Wildman–Crippen MR) is 79.4 cm³/mol. The van der Waals surface area contributed by atoms with Crippen LogP contribution in [0.3, 0.4) is 0 Å². The van der Waals surface area contributed by atoms with E-state index in [9.17, 15) is 0 Å². The topological polar surface area (TPSA) is 56.9 Å². The average Bonchev–Trinajstić information content (AvgIpc) is 2.96. The molecule has 20 heavy (non-hydrogen) atoms. The van der Waals surface area contributed by atoms with Gasteiger partial charge in [0.15, 0.2) is 0 Å². The van der Waals surface area contributed by atoms with Crippen molar-refractivity contribution < 1.29 is 4.74 Å². The summed E-state index contributed by atoms with van der Waals surface area (Å²) in [7, 11) is 1.70. The van der Waals surface area contributed by atoms with Crippen LogP contribution in [0.15, 0.2) is 18.6 Å². The van der Waals surface area contributed by atoms with Gasteiger partial charge in [-0.1, -0.05) is 0 Å². The van der Waals surface area contributed by atoms with Crippen LogP contribution in [-0.2, 0) is 4.74 Å². The Morgan fingerprint density at radius 1 is 1.30 bits per heavy atom. The third-order valence-electron chi connectivity index (χ3n) is 3.01. The number of hydrogen-bond acceptors (Lipinski definition) is 4. The van der Waals surface area contributed by atoms with Gasteiger partial charge in [-0.05, 0) is 27.7 Å². The number of ether oxygens (including phenoxy) is 1. The first kappa shape index (κ1) is 14.6. The zero-order valence-corrected chi connectivity index (χ0v) is 12.8. The van der Waals surface area contributed by atoms with Gasteiger partial charge in [-0.15, -0.1) is 0 Å². The lowest BCUT2D eigenvalue weighted by molar-refractivity contribution is 0.190. The molecular weight excluding hydrogens is 254 g/mol. The largest absolute Gasteiger partial charge is 0.383 e. The maximum atomic E-state index is 5.15. The lowest BCUT2D eigenvalue weighted by Gasteiger charge is -2.14. The number of hydrogen-bond donors (Lipinski definition) is 1. The van der Waals surface area contributed by atoms with E-state index in [1.807, 2.05) is 34.8 Å². The van der Waals surface area contributed by atoms with Gasteiger partial charge in [0.25, 0.3) is 0 Å². The van der Waals surface area contributed by atoms with E-state index in [4.69, 9.17) is 4.74 Å². The van der Waals surface area contributed by atoms with Crippen LogP contribution in [0.5, 0.6) is 0 Å². The van der Waals surface area contributed by atoms with E-state index in [-0.39, 0.29) is 6.04 Å². The highest BCUT2D eigenvalue weighted by molar-refractivity contribution is 5.41. The molecule has 0 saturated carbocycles. The summed E-state index contributed by atoms with van der Waals surface area (Å²) in [5.41, 5.74) is 1.97. The Kier molecular flexibility index (Phi) is 4.44. The SMILES string of the molecule is COCC(C)Nc1nc(C)cn1-c1cnn(C(C)C)c1. The van der Waals surface area contributed by atoms with E-state index < -0.39 is 0 Å². The van der Waals surface area contributed by atoms with Crippen LogP contribution in [0, 0.1) is 6.92 Å². The van der Waals surface area contributed by atoms with Gasteiger partial charge >= 0.3 is 0 Å². The van der Waals surface area contributed by atoms with Crippen LogP contribution in [0.25, 0.3) is 5.69 Å². The molecular formula is C14H23N5O. The average molecular weight is 277 g/mol. The summed E-state index contributed by atoms with van der Waals surface area (Å²) in [6, 6.07) is 0.540. The van der Waals surface area contributed by atoms with Crippen molar-refractivity contribution in [3.8, 4) is 5.69 Å². The van der Waals surface area contributed by atoms with Gasteiger partial charge in [0, 0.05) is 31.6 Å². The normalized spacial score (nSPS) is 12.9. The minimum absolute atomic E-state index is 0.195. The van der Waals surface area contributed by atoms with Gasteiger partial charge in [-0.2, -0.15) is 5.10 Å². The van der Waals surface area contributed by atoms with Crippen LogP contribution in [0.4, 0.5) is 5.95 Å². The number of methoxy groups -OCH3 is 1. The Bertz CT molecular complexity index is 558. The molecule has 0 amide bonds. The highest BCUT2D eigenvalue weighted by Gasteiger charge is 2.12. The second-order valence-corrected chi connectivity index (χ2v) is 5.35. The van der Waals surface area contributed by atoms with E-state index in [0.717, 1.165) is 17.3 Å². The predicted octanol–water partition coefficient (Wildman–Crippen LogP) is 2.40. The molecule has 0 aromatic carbocycles. The fraction of sp³-hybridized carbons (Fsp3) is 0.571. The molecule has 0 radical (unpaired) electrons. The molecule has 0 saturated heterocycles. The van der Waals surface area contributed by atoms with E-state index >= 15 is 0 Å². The zero-order valence-electron chi connectivity index (χ0n) is 12.8. The Morgan fingerprint density at radius 3 is 2.65 bits per heavy atom. The number of nitrogens with one attached hydrogen (secondary N) is 1. The minimum Gasteiger partial charge on any atom is -0.383 e. The van der Waals surface area contributed by atoms with Gasteiger partial charge < -0.3 is 10.1 Å². The number of rotatable bonds is 6. The fourth-order valence-corrected chi connectivity index (χ4v) is 2.04. The summed E-state index contributed by atoms with van der Waals surface area (Å²) in [5.74, 6) is 0.815. The van der Waals surface area contributed by atoms with E-state index in [0.29, 0.717) is 12.6 Å². The third kappa shape index (κ3) is 3.19. The molecule has 0 aliphatic carbocycles. The lowest BCUT2D eigenvalue weighted by Crippen LogP contribution is -2.22. The van der Waals surface area contributed by atoms with Crippen LogP contribution >= 0.6 is 0 Å². The number of aromatic nitrogens is 4. The molecule has 2 aromatic heterocycles. The standard InChI is InChI=1S/C14H23N5O/c1-10(2)19-8-13(6-15-19)18-7-11(3)16-14(18)17-12(4)9-20-5/h6-8,10,12H,9H2,1-5H3,(H,16,17). The summed E-state index contributed by atoms with van der Waals surface area (Å²) < 4.78 is 9.11. The summed E-state index contributed by atoms with van der Waals surface area (Å²) in [6.07, 6.45) is 5.88. The summed E-state index contributed by atoms with van der Waals surface area (Å²) >= 11 is 0. The van der Waals surface area contributed by atoms with Crippen LogP contribution in [-0.4, -0.2) is 39.1 Å². The Morgan fingerprint density at radius 2 is 2.05 bits per heavy atom. The van der Waals surface area contributed by atoms with Crippen molar-refractivity contribution in [2.24, 2.45) is 0 Å². The molecule has 0 spiro atoms. The molecule has 0 bridgehead atoms. The highest BCUT2D eigenvalue weighted by Crippen LogP contribution is 2.18. The van der Waals surface area contributed by atoms with Crippen LogP contribution < -0.4 is 5.32 Å². The maximum absolute atomic E-state index is 5.15. The lowest BCUT2D eigenvalue weighted by atomic mass is 10.4. The second-order valence-electron chi connectivity index (χ2n) is 5.35. The molecule has 6 nitrogen and oxygen atoms in total. The van der Waals surface area contributed by atoms with Crippen LogP contribution in [0.2, 0.25) is 0 Å². The molecule has 2 rings (SSSR count). The smallest absolute Gasteiger partial charge is 0.208 e. The molecule has 1 N–H and O–H groups in total. The third-order valence-corrected chi connectivity index (χ3v) is 3.01. The van der Waals surface area contributed by atoms with Gasteiger partial charge in [0.05, 0.1) is 24.2 Å². The molecule has 2 heterocycles. The highest BCUT2D eigenvalue weighted by atomic mass is 16.5. The van der Waals surface area contributed by atoms with E-state index in [1.54, 1.807) is 7.11 Å².